The van der Waals surface area contributed by atoms with Crippen LogP contribution >= 0.6 is 0 Å². The maximum absolute atomic E-state index is 6.91. The number of rotatable bonds is 12. The molecule has 0 amide bonds. The van der Waals surface area contributed by atoms with Gasteiger partial charge in [-0.1, -0.05) is 122 Å². The minimum Gasteiger partial charge on any atom is -0.321 e. The van der Waals surface area contributed by atoms with Crippen molar-refractivity contribution in [3.8, 4) is 0 Å². The topological polar surface area (TPSA) is 26.0 Å². The van der Waals surface area contributed by atoms with E-state index in [0.717, 1.165) is 6.42 Å². The molecule has 24 heavy (non-hydrogen) atoms. The molecule has 1 aromatic rings. The average Bonchev–Trinajstić information content (AvgIpc) is 2.56. The van der Waals surface area contributed by atoms with Gasteiger partial charge in [0.15, 0.2) is 0 Å². The second-order valence-corrected chi connectivity index (χ2v) is 8.52. The van der Waals surface area contributed by atoms with Crippen molar-refractivity contribution in [2.45, 2.75) is 104 Å². The monoisotopic (exact) mass is 331 g/mol. The van der Waals surface area contributed by atoms with Gasteiger partial charge in [-0.05, 0) is 17.4 Å². The lowest BCUT2D eigenvalue weighted by atomic mass is 9.67. The van der Waals surface area contributed by atoms with Gasteiger partial charge < -0.3 is 5.73 Å². The number of benzene rings is 1. The van der Waals surface area contributed by atoms with Crippen molar-refractivity contribution < 1.29 is 0 Å². The molecular formula is C23H41N. The van der Waals surface area contributed by atoms with Crippen molar-refractivity contribution in [3.05, 3.63) is 35.9 Å². The van der Waals surface area contributed by atoms with Crippen molar-refractivity contribution in [3.63, 3.8) is 0 Å². The van der Waals surface area contributed by atoms with Gasteiger partial charge in [0.05, 0.1) is 0 Å². The molecule has 0 aliphatic carbocycles. The van der Waals surface area contributed by atoms with E-state index < -0.39 is 0 Å². The fourth-order valence-corrected chi connectivity index (χ4v) is 3.58. The smallest absolute Gasteiger partial charge is 0.0458 e. The van der Waals surface area contributed by atoms with Crippen LogP contribution in [0.5, 0.6) is 0 Å². The third-order valence-corrected chi connectivity index (χ3v) is 5.55. The van der Waals surface area contributed by atoms with Crippen LogP contribution in [0.4, 0.5) is 0 Å². The van der Waals surface area contributed by atoms with Crippen LogP contribution in [0.15, 0.2) is 30.3 Å². The fraction of sp³-hybridized carbons (Fsp3) is 0.739. The van der Waals surface area contributed by atoms with Crippen LogP contribution in [0, 0.1) is 5.41 Å². The Morgan fingerprint density at radius 1 is 0.708 bits per heavy atom. The Kier molecular flexibility index (Phi) is 9.66. The number of hydrogen-bond acceptors (Lipinski definition) is 1. The molecule has 0 radical (unpaired) electrons. The summed E-state index contributed by atoms with van der Waals surface area (Å²) in [5, 5.41) is 0. The van der Waals surface area contributed by atoms with Gasteiger partial charge in [0.25, 0.3) is 0 Å². The number of hydrogen-bond donors (Lipinski definition) is 1. The lowest BCUT2D eigenvalue weighted by Gasteiger charge is -2.42. The quantitative estimate of drug-likeness (QED) is 0.403. The maximum Gasteiger partial charge on any atom is 0.0458 e. The predicted octanol–water partition coefficient (Wildman–Crippen LogP) is 7.20. The average molecular weight is 332 g/mol. The van der Waals surface area contributed by atoms with E-state index in [1.165, 1.54) is 69.8 Å². The van der Waals surface area contributed by atoms with Gasteiger partial charge in [-0.25, -0.2) is 0 Å². The van der Waals surface area contributed by atoms with Gasteiger partial charge in [-0.2, -0.15) is 0 Å². The Bertz CT molecular complexity index is 417. The normalized spacial score (nSPS) is 14.5. The zero-order valence-corrected chi connectivity index (χ0v) is 16.7. The van der Waals surface area contributed by atoms with Gasteiger partial charge in [0.1, 0.15) is 0 Å². The van der Waals surface area contributed by atoms with Crippen LogP contribution in [-0.4, -0.2) is 0 Å². The lowest BCUT2D eigenvalue weighted by Crippen LogP contribution is -2.48. The van der Waals surface area contributed by atoms with E-state index in [4.69, 9.17) is 5.73 Å². The molecule has 0 aliphatic rings. The van der Waals surface area contributed by atoms with E-state index in [0.29, 0.717) is 0 Å². The molecule has 0 spiro atoms. The van der Waals surface area contributed by atoms with Crippen molar-refractivity contribution in [2.75, 3.05) is 0 Å². The van der Waals surface area contributed by atoms with Gasteiger partial charge in [0.2, 0.25) is 0 Å². The number of nitrogens with two attached hydrogens (primary N) is 1. The highest BCUT2D eigenvalue weighted by molar-refractivity contribution is 5.26. The largest absolute Gasteiger partial charge is 0.321 e. The van der Waals surface area contributed by atoms with Gasteiger partial charge >= 0.3 is 0 Å². The van der Waals surface area contributed by atoms with Gasteiger partial charge in [0, 0.05) is 5.54 Å². The molecular weight excluding hydrogens is 290 g/mol. The molecule has 0 saturated heterocycles. The molecule has 2 N–H and O–H groups in total. The second kappa shape index (κ2) is 10.9. The minimum absolute atomic E-state index is 0.0770. The summed E-state index contributed by atoms with van der Waals surface area (Å²) in [5.41, 5.74) is 8.04. The van der Waals surface area contributed by atoms with E-state index >= 15 is 0 Å². The summed E-state index contributed by atoms with van der Waals surface area (Å²) < 4.78 is 0. The molecule has 138 valence electrons. The van der Waals surface area contributed by atoms with Crippen LogP contribution in [0.25, 0.3) is 0 Å². The van der Waals surface area contributed by atoms with Crippen molar-refractivity contribution >= 4 is 0 Å². The van der Waals surface area contributed by atoms with Crippen LogP contribution < -0.4 is 5.73 Å². The maximum atomic E-state index is 6.91. The molecule has 0 fully saturated rings. The third kappa shape index (κ3) is 6.97. The van der Waals surface area contributed by atoms with E-state index in [9.17, 15) is 0 Å². The summed E-state index contributed by atoms with van der Waals surface area (Å²) in [6, 6.07) is 10.7. The van der Waals surface area contributed by atoms with E-state index in [1.54, 1.807) is 0 Å². The molecule has 0 bridgehead atoms. The van der Waals surface area contributed by atoms with E-state index in [2.05, 4.69) is 58.0 Å². The van der Waals surface area contributed by atoms with Crippen molar-refractivity contribution in [1.29, 1.82) is 0 Å². The van der Waals surface area contributed by atoms with Crippen molar-refractivity contribution in [2.24, 2.45) is 11.1 Å². The molecule has 1 nitrogen and oxygen atoms in total. The van der Waals surface area contributed by atoms with Crippen LogP contribution in [0.2, 0.25) is 0 Å². The van der Waals surface area contributed by atoms with E-state index in [1.807, 2.05) is 0 Å². The van der Waals surface area contributed by atoms with Crippen LogP contribution in [-0.2, 0) is 5.54 Å². The second-order valence-electron chi connectivity index (χ2n) is 8.52. The van der Waals surface area contributed by atoms with E-state index in [-0.39, 0.29) is 11.0 Å². The Labute approximate surface area is 151 Å². The Morgan fingerprint density at radius 2 is 1.17 bits per heavy atom. The summed E-state index contributed by atoms with van der Waals surface area (Å²) in [5.74, 6) is 0. The van der Waals surface area contributed by atoms with Crippen LogP contribution in [0.3, 0.4) is 0 Å². The lowest BCUT2D eigenvalue weighted by molar-refractivity contribution is 0.169. The summed E-state index contributed by atoms with van der Waals surface area (Å²) in [4.78, 5) is 0. The summed E-state index contributed by atoms with van der Waals surface area (Å²) in [7, 11) is 0. The first-order valence-corrected chi connectivity index (χ1v) is 10.3. The molecule has 0 aliphatic heterocycles. The molecule has 0 heterocycles. The fourth-order valence-electron chi connectivity index (χ4n) is 3.58. The highest BCUT2D eigenvalue weighted by Gasteiger charge is 2.38. The Hall–Kier alpha value is -0.820. The molecule has 1 heteroatoms. The van der Waals surface area contributed by atoms with Crippen molar-refractivity contribution in [1.82, 2.24) is 0 Å². The predicted molar refractivity (Wildman–Crippen MR) is 108 cm³/mol. The highest BCUT2D eigenvalue weighted by Crippen LogP contribution is 2.41. The molecule has 0 aromatic heterocycles. The molecule has 1 atom stereocenters. The van der Waals surface area contributed by atoms with Crippen LogP contribution in [0.1, 0.15) is 104 Å². The Morgan fingerprint density at radius 3 is 1.62 bits per heavy atom. The molecule has 1 rings (SSSR count). The molecule has 1 unspecified atom stereocenters. The SMILES string of the molecule is CCCCCCCCCCCCC(N)(c1ccccc1)C(C)(C)C. The number of unbranched alkanes of at least 4 members (excludes halogenated alkanes) is 9. The summed E-state index contributed by atoms with van der Waals surface area (Å²) in [6.45, 7) is 9.10. The molecule has 0 saturated carbocycles. The first-order chi connectivity index (χ1) is 11.4. The first-order valence-electron chi connectivity index (χ1n) is 10.3. The summed E-state index contributed by atoms with van der Waals surface area (Å²) in [6.07, 6.45) is 14.8. The first kappa shape index (κ1) is 21.2. The Balaban J connectivity index is 2.30. The minimum atomic E-state index is -0.228. The summed E-state index contributed by atoms with van der Waals surface area (Å²) >= 11 is 0. The zero-order chi connectivity index (χ0) is 17.9. The molecule has 1 aromatic carbocycles. The standard InChI is InChI=1S/C23H41N/c1-5-6-7-8-9-10-11-12-13-17-20-23(24,22(2,3)4)21-18-15-14-16-19-21/h14-16,18-19H,5-13,17,20,24H2,1-4H3. The van der Waals surface area contributed by atoms with Gasteiger partial charge in [-0.3, -0.25) is 0 Å². The highest BCUT2D eigenvalue weighted by atomic mass is 14.8. The zero-order valence-electron chi connectivity index (χ0n) is 16.7. The third-order valence-electron chi connectivity index (χ3n) is 5.55. The van der Waals surface area contributed by atoms with Gasteiger partial charge in [-0.15, -0.1) is 0 Å².